The van der Waals surface area contributed by atoms with Crippen molar-refractivity contribution in [3.8, 4) is 0 Å². The topological polar surface area (TPSA) is 92.5 Å². The lowest BCUT2D eigenvalue weighted by molar-refractivity contribution is -0.116. The van der Waals surface area contributed by atoms with Gasteiger partial charge in [-0.05, 0) is 29.5 Å². The molecule has 1 aromatic heterocycles. The number of hydrogen-bond donors (Lipinski definition) is 1. The van der Waals surface area contributed by atoms with Gasteiger partial charge in [0.15, 0.2) is 5.82 Å². The fraction of sp³-hybridized carbons (Fsp3) is 0.500. The Kier molecular flexibility index (Phi) is 7.37. The van der Waals surface area contributed by atoms with Crippen molar-refractivity contribution in [2.24, 2.45) is 0 Å². The molecule has 0 atom stereocenters. The van der Waals surface area contributed by atoms with Crippen LogP contribution >= 0.6 is 0 Å². The summed E-state index contributed by atoms with van der Waals surface area (Å²) in [6.07, 6.45) is 3.87. The molecule has 0 fully saturated rings. The van der Waals surface area contributed by atoms with Gasteiger partial charge < -0.3 is 9.84 Å². The Morgan fingerprint density at radius 1 is 1.14 bits per heavy atom. The summed E-state index contributed by atoms with van der Waals surface area (Å²) in [5.74, 6) is -0.203. The van der Waals surface area contributed by atoms with Crippen molar-refractivity contribution >= 4 is 21.7 Å². The molecule has 2 aromatic rings. The van der Waals surface area contributed by atoms with Crippen LogP contribution in [-0.4, -0.2) is 36.9 Å². The lowest BCUT2D eigenvalue weighted by Gasteiger charge is -2.23. The molecule has 0 aliphatic rings. The normalized spacial score (nSPS) is 12.3. The summed E-state index contributed by atoms with van der Waals surface area (Å²) in [6.45, 7) is 8.26. The highest BCUT2D eigenvalue weighted by atomic mass is 32.2. The van der Waals surface area contributed by atoms with Gasteiger partial charge >= 0.3 is 0 Å². The molecule has 0 aliphatic carbocycles. The number of hydrogen-bond acceptors (Lipinski definition) is 5. The molecular formula is C20H29N3O4S. The molecule has 1 heterocycles. The molecule has 0 saturated carbocycles. The quantitative estimate of drug-likeness (QED) is 0.639. The van der Waals surface area contributed by atoms with Crippen molar-refractivity contribution in [1.82, 2.24) is 9.46 Å². The summed E-state index contributed by atoms with van der Waals surface area (Å²) >= 11 is 0. The number of amides is 1. The fourth-order valence-electron chi connectivity index (χ4n) is 2.72. The maximum absolute atomic E-state index is 13.1. The highest BCUT2D eigenvalue weighted by Crippen LogP contribution is 2.25. The molecule has 0 unspecified atom stereocenters. The van der Waals surface area contributed by atoms with Gasteiger partial charge in [0.25, 0.3) is 0 Å². The molecule has 0 aliphatic heterocycles. The van der Waals surface area contributed by atoms with E-state index < -0.39 is 15.9 Å². The van der Waals surface area contributed by atoms with Gasteiger partial charge in [-0.25, -0.2) is 8.42 Å². The third-order valence-electron chi connectivity index (χ3n) is 4.39. The third kappa shape index (κ3) is 5.90. The predicted molar refractivity (Wildman–Crippen MR) is 109 cm³/mol. The maximum atomic E-state index is 13.1. The Morgan fingerprint density at radius 2 is 1.82 bits per heavy atom. The van der Waals surface area contributed by atoms with Crippen LogP contribution in [0.4, 0.5) is 5.82 Å². The van der Waals surface area contributed by atoms with E-state index in [2.05, 4.69) is 35.8 Å². The summed E-state index contributed by atoms with van der Waals surface area (Å²) in [6, 6.07) is 8.37. The minimum atomic E-state index is -3.79. The Hall–Kier alpha value is -2.19. The number of nitrogens with one attached hydrogen (secondary N) is 1. The molecule has 1 N–H and O–H groups in total. The standard InChI is InChI=1S/C20H29N3O4S/c1-5-6-7-13-23(15-19(24)21-18-12-14-27-22-18)28(25,26)17-10-8-16(9-11-17)20(2,3)4/h8-12,14H,5-7,13,15H2,1-4H3,(H,21,22,24). The summed E-state index contributed by atoms with van der Waals surface area (Å²) in [5.41, 5.74) is 0.980. The monoisotopic (exact) mass is 407 g/mol. The van der Waals surface area contributed by atoms with Gasteiger partial charge in [0.2, 0.25) is 15.9 Å². The van der Waals surface area contributed by atoms with Crippen LogP contribution in [0.1, 0.15) is 52.5 Å². The van der Waals surface area contributed by atoms with E-state index in [-0.39, 0.29) is 29.2 Å². The number of carbonyl (C=O) groups is 1. The van der Waals surface area contributed by atoms with Gasteiger partial charge in [-0.1, -0.05) is 57.8 Å². The number of sulfonamides is 1. The number of anilines is 1. The minimum absolute atomic E-state index is 0.0689. The van der Waals surface area contributed by atoms with Crippen LogP contribution < -0.4 is 5.32 Å². The highest BCUT2D eigenvalue weighted by Gasteiger charge is 2.27. The van der Waals surface area contributed by atoms with Gasteiger partial charge in [-0.3, -0.25) is 4.79 Å². The van der Waals surface area contributed by atoms with Crippen molar-refractivity contribution < 1.29 is 17.7 Å². The number of benzene rings is 1. The van der Waals surface area contributed by atoms with E-state index in [0.717, 1.165) is 18.4 Å². The average Bonchev–Trinajstić information content (AvgIpc) is 3.13. The van der Waals surface area contributed by atoms with Crippen LogP contribution in [-0.2, 0) is 20.2 Å². The van der Waals surface area contributed by atoms with Crippen molar-refractivity contribution in [3.63, 3.8) is 0 Å². The van der Waals surface area contributed by atoms with Crippen LogP contribution in [0.2, 0.25) is 0 Å². The molecule has 0 saturated heterocycles. The van der Waals surface area contributed by atoms with E-state index in [4.69, 9.17) is 0 Å². The summed E-state index contributed by atoms with van der Waals surface area (Å²) < 4.78 is 32.2. The molecule has 1 amide bonds. The molecule has 7 nitrogen and oxygen atoms in total. The molecule has 0 spiro atoms. The SMILES string of the molecule is CCCCCN(CC(=O)Nc1ccon1)S(=O)(=O)c1ccc(C(C)(C)C)cc1. The van der Waals surface area contributed by atoms with Gasteiger partial charge in [-0.2, -0.15) is 4.31 Å². The van der Waals surface area contributed by atoms with Gasteiger partial charge in [-0.15, -0.1) is 0 Å². The van der Waals surface area contributed by atoms with Crippen molar-refractivity contribution in [2.45, 2.75) is 57.3 Å². The first kappa shape index (κ1) is 22.1. The van der Waals surface area contributed by atoms with E-state index in [0.29, 0.717) is 6.42 Å². The van der Waals surface area contributed by atoms with Crippen LogP contribution in [0.15, 0.2) is 46.0 Å². The number of aromatic nitrogens is 1. The number of unbranched alkanes of at least 4 members (excludes halogenated alkanes) is 2. The van der Waals surface area contributed by atoms with Crippen LogP contribution in [0, 0.1) is 0 Å². The Morgan fingerprint density at radius 3 is 2.36 bits per heavy atom. The van der Waals surface area contributed by atoms with Crippen LogP contribution in [0.25, 0.3) is 0 Å². The number of carbonyl (C=O) groups excluding carboxylic acids is 1. The second kappa shape index (κ2) is 9.34. The maximum Gasteiger partial charge on any atom is 0.243 e. The lowest BCUT2D eigenvalue weighted by Crippen LogP contribution is -2.38. The molecule has 8 heteroatoms. The van der Waals surface area contributed by atoms with Crippen LogP contribution in [0.5, 0.6) is 0 Å². The second-order valence-electron chi connectivity index (χ2n) is 7.75. The summed E-state index contributed by atoms with van der Waals surface area (Å²) in [5, 5.41) is 6.16. The molecule has 1 aromatic carbocycles. The largest absolute Gasteiger partial charge is 0.363 e. The molecule has 0 radical (unpaired) electrons. The first-order valence-corrected chi connectivity index (χ1v) is 10.9. The number of nitrogens with zero attached hydrogens (tertiary/aromatic N) is 2. The Labute approximate surface area is 167 Å². The van der Waals surface area contributed by atoms with Crippen molar-refractivity contribution in [2.75, 3.05) is 18.4 Å². The van der Waals surface area contributed by atoms with Gasteiger partial charge in [0, 0.05) is 12.6 Å². The first-order chi connectivity index (χ1) is 13.1. The Bertz CT molecular complexity index is 854. The van der Waals surface area contributed by atoms with Crippen molar-refractivity contribution in [1.29, 1.82) is 0 Å². The van der Waals surface area contributed by atoms with Gasteiger partial charge in [0.05, 0.1) is 11.4 Å². The summed E-state index contributed by atoms with van der Waals surface area (Å²) in [7, 11) is -3.79. The molecule has 0 bridgehead atoms. The molecule has 28 heavy (non-hydrogen) atoms. The number of rotatable bonds is 9. The molecule has 154 valence electrons. The zero-order chi connectivity index (χ0) is 20.8. The smallest absolute Gasteiger partial charge is 0.243 e. The van der Waals surface area contributed by atoms with Crippen molar-refractivity contribution in [3.05, 3.63) is 42.2 Å². The minimum Gasteiger partial charge on any atom is -0.363 e. The van der Waals surface area contributed by atoms with Gasteiger partial charge in [0.1, 0.15) is 6.26 Å². The highest BCUT2D eigenvalue weighted by molar-refractivity contribution is 7.89. The fourth-order valence-corrected chi connectivity index (χ4v) is 4.15. The van der Waals surface area contributed by atoms with E-state index in [9.17, 15) is 13.2 Å². The first-order valence-electron chi connectivity index (χ1n) is 9.45. The van der Waals surface area contributed by atoms with E-state index in [1.54, 1.807) is 12.1 Å². The molecule has 2 rings (SSSR count). The van der Waals surface area contributed by atoms with E-state index in [1.165, 1.54) is 16.6 Å². The lowest BCUT2D eigenvalue weighted by atomic mass is 9.87. The van der Waals surface area contributed by atoms with Crippen LogP contribution in [0.3, 0.4) is 0 Å². The second-order valence-corrected chi connectivity index (χ2v) is 9.69. The molecular weight excluding hydrogens is 378 g/mol. The van der Waals surface area contributed by atoms with E-state index >= 15 is 0 Å². The average molecular weight is 408 g/mol. The van der Waals surface area contributed by atoms with E-state index in [1.807, 2.05) is 19.1 Å². The zero-order valence-electron chi connectivity index (χ0n) is 16.9. The predicted octanol–water partition coefficient (Wildman–Crippen LogP) is 3.79. The zero-order valence-corrected chi connectivity index (χ0v) is 17.8. The third-order valence-corrected chi connectivity index (χ3v) is 6.25. The summed E-state index contributed by atoms with van der Waals surface area (Å²) in [4.78, 5) is 12.5. The Balaban J connectivity index is 2.20.